The van der Waals surface area contributed by atoms with Gasteiger partial charge in [0.2, 0.25) is 0 Å². The Labute approximate surface area is 164 Å². The van der Waals surface area contributed by atoms with Gasteiger partial charge in [0, 0.05) is 12.8 Å². The molecule has 0 fully saturated rings. The lowest BCUT2D eigenvalue weighted by molar-refractivity contribution is -0.135. The fourth-order valence-corrected chi connectivity index (χ4v) is 2.48. The van der Waals surface area contributed by atoms with Crippen LogP contribution in [0.1, 0.15) is 43.5 Å². The lowest BCUT2D eigenvalue weighted by atomic mass is 10.0. The van der Waals surface area contributed by atoms with Crippen molar-refractivity contribution < 1.29 is 28.6 Å². The second-order valence-electron chi connectivity index (χ2n) is 6.61. The maximum absolute atomic E-state index is 12.1. The zero-order valence-electron chi connectivity index (χ0n) is 16.3. The van der Waals surface area contributed by atoms with Gasteiger partial charge in [0.25, 0.3) is 0 Å². The van der Waals surface area contributed by atoms with Crippen molar-refractivity contribution in [3.63, 3.8) is 0 Å². The van der Waals surface area contributed by atoms with Crippen molar-refractivity contribution >= 4 is 17.7 Å². The van der Waals surface area contributed by atoms with Gasteiger partial charge < -0.3 is 19.0 Å². The van der Waals surface area contributed by atoms with E-state index in [0.717, 1.165) is 0 Å². The predicted molar refractivity (Wildman–Crippen MR) is 104 cm³/mol. The quantitative estimate of drug-likeness (QED) is 0.476. The zero-order chi connectivity index (χ0) is 20.5. The van der Waals surface area contributed by atoms with E-state index < -0.39 is 5.97 Å². The Morgan fingerprint density at radius 2 is 1.39 bits per heavy atom. The minimum absolute atomic E-state index is 0.0705. The summed E-state index contributed by atoms with van der Waals surface area (Å²) in [5.41, 5.74) is 0.399. The SMILES string of the molecule is COc1ccc(C(=O)Oc2ccc(OC(=O)CC(C)CCC(C)=O)cc2)cc1. The zero-order valence-corrected chi connectivity index (χ0v) is 16.3. The summed E-state index contributed by atoms with van der Waals surface area (Å²) < 4.78 is 15.6. The lowest BCUT2D eigenvalue weighted by Crippen LogP contribution is -2.13. The Bertz CT molecular complexity index is 808. The number of carbonyl (C=O) groups is 3. The van der Waals surface area contributed by atoms with Gasteiger partial charge in [-0.1, -0.05) is 6.92 Å². The molecule has 0 aromatic heterocycles. The molecule has 0 aliphatic rings. The summed E-state index contributed by atoms with van der Waals surface area (Å²) in [6, 6.07) is 12.8. The van der Waals surface area contributed by atoms with Crippen LogP contribution in [0.4, 0.5) is 0 Å². The van der Waals surface area contributed by atoms with E-state index >= 15 is 0 Å². The summed E-state index contributed by atoms with van der Waals surface area (Å²) in [6.45, 7) is 3.44. The third-order valence-corrected chi connectivity index (χ3v) is 4.10. The first-order valence-corrected chi connectivity index (χ1v) is 9.03. The maximum atomic E-state index is 12.1. The highest BCUT2D eigenvalue weighted by molar-refractivity contribution is 5.91. The van der Waals surface area contributed by atoms with Gasteiger partial charge in [-0.3, -0.25) is 4.79 Å². The van der Waals surface area contributed by atoms with Gasteiger partial charge in [-0.15, -0.1) is 0 Å². The first-order valence-electron chi connectivity index (χ1n) is 9.03. The Morgan fingerprint density at radius 1 is 0.857 bits per heavy atom. The summed E-state index contributed by atoms with van der Waals surface area (Å²) in [5.74, 6) is 0.689. The molecule has 0 radical (unpaired) electrons. The molecule has 28 heavy (non-hydrogen) atoms. The van der Waals surface area contributed by atoms with Crippen LogP contribution in [-0.4, -0.2) is 24.8 Å². The van der Waals surface area contributed by atoms with Gasteiger partial charge in [-0.25, -0.2) is 4.79 Å². The van der Waals surface area contributed by atoms with Gasteiger partial charge in [0.05, 0.1) is 12.7 Å². The molecule has 0 aliphatic carbocycles. The smallest absolute Gasteiger partial charge is 0.343 e. The Morgan fingerprint density at radius 3 is 1.93 bits per heavy atom. The van der Waals surface area contributed by atoms with E-state index in [1.807, 2.05) is 6.92 Å². The molecule has 0 spiro atoms. The molecule has 0 bridgehead atoms. The van der Waals surface area contributed by atoms with Crippen molar-refractivity contribution in [3.8, 4) is 17.2 Å². The van der Waals surface area contributed by atoms with E-state index in [2.05, 4.69) is 0 Å². The van der Waals surface area contributed by atoms with Crippen molar-refractivity contribution in [1.82, 2.24) is 0 Å². The number of esters is 2. The normalized spacial score (nSPS) is 11.4. The van der Waals surface area contributed by atoms with Crippen LogP contribution < -0.4 is 14.2 Å². The molecule has 2 aromatic rings. The van der Waals surface area contributed by atoms with Crippen LogP contribution in [0.15, 0.2) is 48.5 Å². The number of ether oxygens (including phenoxy) is 3. The Hall–Kier alpha value is -3.15. The second kappa shape index (κ2) is 10.3. The van der Waals surface area contributed by atoms with E-state index in [1.165, 1.54) is 6.92 Å². The van der Waals surface area contributed by atoms with E-state index in [4.69, 9.17) is 14.2 Å². The fourth-order valence-electron chi connectivity index (χ4n) is 2.48. The van der Waals surface area contributed by atoms with Crippen LogP contribution >= 0.6 is 0 Å². The van der Waals surface area contributed by atoms with Crippen molar-refractivity contribution in [3.05, 3.63) is 54.1 Å². The molecule has 6 heteroatoms. The molecule has 0 saturated carbocycles. The van der Waals surface area contributed by atoms with E-state index in [0.29, 0.717) is 35.7 Å². The Kier molecular flexibility index (Phi) is 7.75. The van der Waals surface area contributed by atoms with Crippen LogP contribution in [0.25, 0.3) is 0 Å². The molecule has 0 amide bonds. The van der Waals surface area contributed by atoms with Crippen LogP contribution in [0.5, 0.6) is 17.2 Å². The molecule has 6 nitrogen and oxygen atoms in total. The number of benzene rings is 2. The molecule has 2 aromatic carbocycles. The number of Topliss-reactive ketones (excluding diaryl/α,β-unsaturated/α-hetero) is 1. The average molecular weight is 384 g/mol. The van der Waals surface area contributed by atoms with Crippen molar-refractivity contribution in [2.24, 2.45) is 5.92 Å². The van der Waals surface area contributed by atoms with E-state index in [1.54, 1.807) is 55.6 Å². The van der Waals surface area contributed by atoms with E-state index in [9.17, 15) is 14.4 Å². The van der Waals surface area contributed by atoms with Crippen molar-refractivity contribution in [2.45, 2.75) is 33.1 Å². The van der Waals surface area contributed by atoms with Crippen LogP contribution in [0.2, 0.25) is 0 Å². The number of hydrogen-bond donors (Lipinski definition) is 0. The summed E-state index contributed by atoms with van der Waals surface area (Å²) in [5, 5.41) is 0. The summed E-state index contributed by atoms with van der Waals surface area (Å²) in [4.78, 5) is 35.1. The molecule has 1 atom stereocenters. The number of methoxy groups -OCH3 is 1. The summed E-state index contributed by atoms with van der Waals surface area (Å²) >= 11 is 0. The maximum Gasteiger partial charge on any atom is 0.343 e. The van der Waals surface area contributed by atoms with Gasteiger partial charge in [-0.2, -0.15) is 0 Å². The summed E-state index contributed by atoms with van der Waals surface area (Å²) in [7, 11) is 1.55. The molecule has 0 saturated heterocycles. The van der Waals surface area contributed by atoms with Gasteiger partial charge in [0.15, 0.2) is 0 Å². The molecule has 2 rings (SSSR count). The number of carbonyl (C=O) groups excluding carboxylic acids is 3. The molecule has 0 aliphatic heterocycles. The van der Waals surface area contributed by atoms with Crippen LogP contribution in [0, 0.1) is 5.92 Å². The highest BCUT2D eigenvalue weighted by Gasteiger charge is 2.13. The van der Waals surface area contributed by atoms with Gasteiger partial charge >= 0.3 is 11.9 Å². The van der Waals surface area contributed by atoms with Gasteiger partial charge in [0.1, 0.15) is 23.0 Å². The minimum Gasteiger partial charge on any atom is -0.497 e. The highest BCUT2D eigenvalue weighted by Crippen LogP contribution is 2.21. The fraction of sp³-hybridized carbons (Fsp3) is 0.318. The molecular weight excluding hydrogens is 360 g/mol. The topological polar surface area (TPSA) is 78.9 Å². The average Bonchev–Trinajstić information content (AvgIpc) is 2.68. The molecule has 148 valence electrons. The highest BCUT2D eigenvalue weighted by atomic mass is 16.5. The third-order valence-electron chi connectivity index (χ3n) is 4.10. The second-order valence-corrected chi connectivity index (χ2v) is 6.61. The molecule has 0 N–H and O–H groups in total. The lowest BCUT2D eigenvalue weighted by Gasteiger charge is -2.10. The van der Waals surface area contributed by atoms with Crippen molar-refractivity contribution in [1.29, 1.82) is 0 Å². The van der Waals surface area contributed by atoms with E-state index in [-0.39, 0.29) is 24.1 Å². The third kappa shape index (κ3) is 6.87. The molecule has 1 unspecified atom stereocenters. The number of rotatable bonds is 9. The first kappa shape index (κ1) is 21.2. The first-order chi connectivity index (χ1) is 13.4. The standard InChI is InChI=1S/C22H24O6/c1-15(4-5-16(2)23)14-21(24)27-19-10-12-20(13-11-19)28-22(25)17-6-8-18(26-3)9-7-17/h6-13,15H,4-5,14H2,1-3H3. The molecular formula is C22H24O6. The Balaban J connectivity index is 1.85. The number of ketones is 1. The van der Waals surface area contributed by atoms with Gasteiger partial charge in [-0.05, 0) is 67.8 Å². The largest absolute Gasteiger partial charge is 0.497 e. The predicted octanol–water partition coefficient (Wildman–Crippen LogP) is 4.22. The monoisotopic (exact) mass is 384 g/mol. The van der Waals surface area contributed by atoms with Crippen molar-refractivity contribution in [2.75, 3.05) is 7.11 Å². The van der Waals surface area contributed by atoms with Crippen LogP contribution in [-0.2, 0) is 9.59 Å². The summed E-state index contributed by atoms with van der Waals surface area (Å²) in [6.07, 6.45) is 1.36. The minimum atomic E-state index is -0.494. The van der Waals surface area contributed by atoms with Crippen LogP contribution in [0.3, 0.4) is 0 Å². The molecule has 0 heterocycles. The number of hydrogen-bond acceptors (Lipinski definition) is 6.